The van der Waals surface area contributed by atoms with E-state index in [1.807, 2.05) is 18.2 Å². The number of hydrogen-bond acceptors (Lipinski definition) is 2. The molecule has 122 valence electrons. The number of alkyl halides is 2. The molecule has 0 bridgehead atoms. The Morgan fingerprint density at radius 2 is 2.04 bits per heavy atom. The number of rotatable bonds is 3. The van der Waals surface area contributed by atoms with Crippen molar-refractivity contribution in [3.05, 3.63) is 53.3 Å². The van der Waals surface area contributed by atoms with Gasteiger partial charge in [0.25, 0.3) is 12.3 Å². The third-order valence-corrected chi connectivity index (χ3v) is 4.49. The van der Waals surface area contributed by atoms with Crippen LogP contribution in [0.5, 0.6) is 0 Å². The minimum absolute atomic E-state index is 0.0461. The zero-order valence-corrected chi connectivity index (χ0v) is 13.1. The SMILES string of the molecule is CC1(C)CN(C(=O)c2cc(C(F)F)[nH]n2)CC1c1ccccc1. The van der Waals surface area contributed by atoms with Crippen molar-refractivity contribution in [2.75, 3.05) is 13.1 Å². The van der Waals surface area contributed by atoms with Crippen LogP contribution in [0, 0.1) is 5.41 Å². The van der Waals surface area contributed by atoms with Gasteiger partial charge in [-0.2, -0.15) is 5.10 Å². The molecule has 23 heavy (non-hydrogen) atoms. The minimum atomic E-state index is -2.66. The van der Waals surface area contributed by atoms with Gasteiger partial charge in [-0.15, -0.1) is 0 Å². The number of likely N-dealkylation sites (tertiary alicyclic amines) is 1. The van der Waals surface area contributed by atoms with E-state index in [0.29, 0.717) is 13.1 Å². The van der Waals surface area contributed by atoms with Crippen LogP contribution in [-0.4, -0.2) is 34.1 Å². The van der Waals surface area contributed by atoms with Crippen molar-refractivity contribution >= 4 is 5.91 Å². The van der Waals surface area contributed by atoms with E-state index in [9.17, 15) is 13.6 Å². The topological polar surface area (TPSA) is 49.0 Å². The van der Waals surface area contributed by atoms with E-state index in [0.717, 1.165) is 6.07 Å². The van der Waals surface area contributed by atoms with E-state index in [4.69, 9.17) is 0 Å². The maximum absolute atomic E-state index is 12.6. The van der Waals surface area contributed by atoms with Gasteiger partial charge in [-0.3, -0.25) is 9.89 Å². The fourth-order valence-corrected chi connectivity index (χ4v) is 3.25. The Morgan fingerprint density at radius 3 is 2.65 bits per heavy atom. The maximum Gasteiger partial charge on any atom is 0.279 e. The van der Waals surface area contributed by atoms with Crippen LogP contribution in [0.1, 0.15) is 47.9 Å². The first kappa shape index (κ1) is 15.6. The van der Waals surface area contributed by atoms with Gasteiger partial charge in [0.1, 0.15) is 5.69 Å². The van der Waals surface area contributed by atoms with Crippen molar-refractivity contribution in [2.45, 2.75) is 26.2 Å². The second-order valence-electron chi connectivity index (χ2n) is 6.65. The Hall–Kier alpha value is -2.24. The highest BCUT2D eigenvalue weighted by Crippen LogP contribution is 2.42. The van der Waals surface area contributed by atoms with Crippen molar-refractivity contribution in [1.82, 2.24) is 15.1 Å². The second-order valence-corrected chi connectivity index (χ2v) is 6.65. The molecule has 0 saturated carbocycles. The lowest BCUT2D eigenvalue weighted by Crippen LogP contribution is -2.30. The average molecular weight is 319 g/mol. The molecule has 1 saturated heterocycles. The smallest absolute Gasteiger partial charge is 0.279 e. The minimum Gasteiger partial charge on any atom is -0.336 e. The fourth-order valence-electron chi connectivity index (χ4n) is 3.25. The van der Waals surface area contributed by atoms with Crippen LogP contribution in [0.25, 0.3) is 0 Å². The number of nitrogens with zero attached hydrogens (tertiary/aromatic N) is 2. The summed E-state index contributed by atoms with van der Waals surface area (Å²) in [6, 6.07) is 11.2. The normalized spacial score (nSPS) is 20.2. The van der Waals surface area contributed by atoms with E-state index in [-0.39, 0.29) is 28.6 Å². The number of hydrogen-bond donors (Lipinski definition) is 1. The number of H-pyrrole nitrogens is 1. The predicted octanol–water partition coefficient (Wildman–Crippen LogP) is 3.61. The third kappa shape index (κ3) is 2.98. The molecular formula is C17H19F2N3O. The summed E-state index contributed by atoms with van der Waals surface area (Å²) >= 11 is 0. The maximum atomic E-state index is 12.6. The van der Waals surface area contributed by atoms with E-state index >= 15 is 0 Å². The number of aromatic nitrogens is 2. The van der Waals surface area contributed by atoms with Gasteiger partial charge in [-0.05, 0) is 17.0 Å². The number of carbonyl (C=O) groups is 1. The third-order valence-electron chi connectivity index (χ3n) is 4.49. The summed E-state index contributed by atoms with van der Waals surface area (Å²) in [4.78, 5) is 14.2. The highest BCUT2D eigenvalue weighted by Gasteiger charge is 2.42. The number of halogens is 2. The van der Waals surface area contributed by atoms with Crippen LogP contribution in [-0.2, 0) is 0 Å². The summed E-state index contributed by atoms with van der Waals surface area (Å²) in [6.45, 7) is 5.37. The predicted molar refractivity (Wildman–Crippen MR) is 82.4 cm³/mol. The van der Waals surface area contributed by atoms with Crippen molar-refractivity contribution < 1.29 is 13.6 Å². The molecule has 0 spiro atoms. The summed E-state index contributed by atoms with van der Waals surface area (Å²) in [5.41, 5.74) is 0.818. The molecule has 1 unspecified atom stereocenters. The number of amides is 1. The standard InChI is InChI=1S/C17H19F2N3O/c1-17(2)10-22(9-12(17)11-6-4-3-5-7-11)16(23)14-8-13(15(18)19)20-21-14/h3-8,12,15H,9-10H2,1-2H3,(H,20,21). The Morgan fingerprint density at radius 1 is 1.35 bits per heavy atom. The second kappa shape index (κ2) is 5.76. The molecule has 1 amide bonds. The Balaban J connectivity index is 1.80. The fraction of sp³-hybridized carbons (Fsp3) is 0.412. The Kier molecular flexibility index (Phi) is 3.92. The summed E-state index contributed by atoms with van der Waals surface area (Å²) in [5.74, 6) is -0.0965. The molecular weight excluding hydrogens is 300 g/mol. The van der Waals surface area contributed by atoms with Gasteiger partial charge in [-0.1, -0.05) is 44.2 Å². The zero-order chi connectivity index (χ0) is 16.6. The highest BCUT2D eigenvalue weighted by atomic mass is 19.3. The van der Waals surface area contributed by atoms with Crippen LogP contribution in [0.2, 0.25) is 0 Å². The molecule has 3 rings (SSSR count). The first-order valence-corrected chi connectivity index (χ1v) is 7.56. The quantitative estimate of drug-likeness (QED) is 0.939. The van der Waals surface area contributed by atoms with Gasteiger partial charge >= 0.3 is 0 Å². The molecule has 1 N–H and O–H groups in total. The van der Waals surface area contributed by atoms with E-state index in [1.165, 1.54) is 5.56 Å². The van der Waals surface area contributed by atoms with Gasteiger partial charge in [0.15, 0.2) is 5.69 Å². The lowest BCUT2D eigenvalue weighted by Gasteiger charge is -2.25. The van der Waals surface area contributed by atoms with Gasteiger partial charge in [0.2, 0.25) is 0 Å². The van der Waals surface area contributed by atoms with Crippen LogP contribution in [0.4, 0.5) is 8.78 Å². The average Bonchev–Trinajstić information content (AvgIpc) is 3.12. The van der Waals surface area contributed by atoms with Crippen LogP contribution >= 0.6 is 0 Å². The number of aromatic amines is 1. The molecule has 4 nitrogen and oxygen atoms in total. The molecule has 0 aliphatic carbocycles. The van der Waals surface area contributed by atoms with Crippen LogP contribution in [0.3, 0.4) is 0 Å². The van der Waals surface area contributed by atoms with Crippen molar-refractivity contribution in [1.29, 1.82) is 0 Å². The molecule has 1 atom stereocenters. The number of nitrogens with one attached hydrogen (secondary N) is 1. The summed E-state index contributed by atoms with van der Waals surface area (Å²) in [5, 5.41) is 5.96. The van der Waals surface area contributed by atoms with Gasteiger partial charge in [0.05, 0.1) is 0 Å². The molecule has 1 aromatic heterocycles. The first-order chi connectivity index (χ1) is 10.9. The summed E-state index contributed by atoms with van der Waals surface area (Å²) in [7, 11) is 0. The van der Waals surface area contributed by atoms with Crippen molar-refractivity contribution in [3.63, 3.8) is 0 Å². The highest BCUT2D eigenvalue weighted by molar-refractivity contribution is 5.92. The van der Waals surface area contributed by atoms with Gasteiger partial charge in [-0.25, -0.2) is 8.78 Å². The van der Waals surface area contributed by atoms with Crippen LogP contribution in [0.15, 0.2) is 36.4 Å². The number of benzene rings is 1. The lowest BCUT2D eigenvalue weighted by atomic mass is 9.78. The Bertz CT molecular complexity index is 697. The molecule has 6 heteroatoms. The lowest BCUT2D eigenvalue weighted by molar-refractivity contribution is 0.0772. The zero-order valence-electron chi connectivity index (χ0n) is 13.1. The molecule has 1 aliphatic heterocycles. The molecule has 2 heterocycles. The van der Waals surface area contributed by atoms with E-state index < -0.39 is 6.43 Å². The first-order valence-electron chi connectivity index (χ1n) is 7.56. The molecule has 1 aromatic carbocycles. The Labute approximate surface area is 133 Å². The summed E-state index contributed by atoms with van der Waals surface area (Å²) < 4.78 is 25.3. The molecule has 1 fully saturated rings. The number of carbonyl (C=O) groups excluding carboxylic acids is 1. The molecule has 0 radical (unpaired) electrons. The largest absolute Gasteiger partial charge is 0.336 e. The van der Waals surface area contributed by atoms with Gasteiger partial charge < -0.3 is 4.90 Å². The van der Waals surface area contributed by atoms with Crippen molar-refractivity contribution in [2.24, 2.45) is 5.41 Å². The van der Waals surface area contributed by atoms with Crippen LogP contribution < -0.4 is 0 Å². The summed E-state index contributed by atoms with van der Waals surface area (Å²) in [6.07, 6.45) is -2.66. The monoisotopic (exact) mass is 319 g/mol. The molecule has 1 aliphatic rings. The van der Waals surface area contributed by atoms with Gasteiger partial charge in [0, 0.05) is 19.0 Å². The van der Waals surface area contributed by atoms with Crippen molar-refractivity contribution in [3.8, 4) is 0 Å². The van der Waals surface area contributed by atoms with E-state index in [2.05, 4.69) is 36.2 Å². The van der Waals surface area contributed by atoms with E-state index in [1.54, 1.807) is 4.90 Å². The molecule has 2 aromatic rings.